The lowest BCUT2D eigenvalue weighted by atomic mass is 10.00. The van der Waals surface area contributed by atoms with E-state index in [0.717, 1.165) is 0 Å². The Hall–Kier alpha value is -0.730. The molecule has 0 spiro atoms. The van der Waals surface area contributed by atoms with Crippen molar-refractivity contribution in [2.24, 2.45) is 0 Å². The van der Waals surface area contributed by atoms with E-state index in [1.54, 1.807) is 0 Å². The van der Waals surface area contributed by atoms with Crippen molar-refractivity contribution in [2.45, 2.75) is 24.4 Å². The monoisotopic (exact) mass is 202 g/mol. The Labute approximate surface area is 81.5 Å². The van der Waals surface area contributed by atoms with E-state index in [-0.39, 0.29) is 12.8 Å². The van der Waals surface area contributed by atoms with Crippen LogP contribution in [0.15, 0.2) is 0 Å². The minimum Gasteiger partial charge on any atom is -0.361 e. The first-order valence-electron chi connectivity index (χ1n) is 4.67. The third kappa shape index (κ3) is 1.49. The van der Waals surface area contributed by atoms with Crippen molar-refractivity contribution in [3.63, 3.8) is 0 Å². The van der Waals surface area contributed by atoms with Crippen molar-refractivity contribution in [1.29, 1.82) is 0 Å². The number of piperidine rings is 1. The fraction of sp³-hybridized carbons (Fsp3) is 0.889. The molecule has 3 nitrogen and oxygen atoms in total. The van der Waals surface area contributed by atoms with Crippen LogP contribution in [0.25, 0.3) is 4.85 Å². The molecule has 2 saturated heterocycles. The Morgan fingerprint density at radius 2 is 1.79 bits per heavy atom. The number of likely N-dealkylation sites (tertiary alicyclic amines) is 1. The molecule has 0 unspecified atom stereocenters. The molecule has 2 heterocycles. The minimum absolute atomic E-state index is 0.135. The maximum atomic E-state index is 12.9. The highest BCUT2D eigenvalue weighted by atomic mass is 19.3. The first-order chi connectivity index (χ1) is 6.58. The molecular weight excluding hydrogens is 190 g/mol. The van der Waals surface area contributed by atoms with E-state index in [2.05, 4.69) is 4.85 Å². The topological polar surface area (TPSA) is 16.8 Å². The highest BCUT2D eigenvalue weighted by Crippen LogP contribution is 2.34. The largest absolute Gasteiger partial charge is 0.361 e. The second kappa shape index (κ2) is 3.14. The van der Waals surface area contributed by atoms with Crippen LogP contribution in [0.3, 0.4) is 0 Å². The van der Waals surface area contributed by atoms with Crippen molar-refractivity contribution >= 4 is 0 Å². The SMILES string of the molecule is [C-]#[N+]C1(N2CCC(F)(F)CC2)COC1. The molecule has 0 N–H and O–H groups in total. The molecule has 78 valence electrons. The van der Waals surface area contributed by atoms with Gasteiger partial charge in [0.1, 0.15) is 13.2 Å². The van der Waals surface area contributed by atoms with Gasteiger partial charge in [-0.05, 0) is 0 Å². The summed E-state index contributed by atoms with van der Waals surface area (Å²) >= 11 is 0. The van der Waals surface area contributed by atoms with Crippen molar-refractivity contribution in [3.8, 4) is 0 Å². The van der Waals surface area contributed by atoms with Gasteiger partial charge in [-0.15, -0.1) is 0 Å². The third-order valence-electron chi connectivity index (χ3n) is 2.96. The minimum atomic E-state index is -2.54. The van der Waals surface area contributed by atoms with Gasteiger partial charge in [-0.2, -0.15) is 0 Å². The molecule has 5 heteroatoms. The zero-order valence-electron chi connectivity index (χ0n) is 7.80. The van der Waals surface area contributed by atoms with Crippen LogP contribution >= 0.6 is 0 Å². The van der Waals surface area contributed by atoms with Crippen LogP contribution in [0.1, 0.15) is 12.8 Å². The predicted octanol–water partition coefficient (Wildman–Crippen LogP) is 1.36. The quantitative estimate of drug-likeness (QED) is 0.597. The second-order valence-corrected chi connectivity index (χ2v) is 3.93. The maximum Gasteiger partial charge on any atom is 0.334 e. The Morgan fingerprint density at radius 1 is 1.21 bits per heavy atom. The molecule has 0 aromatic heterocycles. The summed E-state index contributed by atoms with van der Waals surface area (Å²) in [6.45, 7) is 8.39. The lowest BCUT2D eigenvalue weighted by molar-refractivity contribution is -0.146. The number of hydrogen-bond acceptors (Lipinski definition) is 2. The number of alkyl halides is 2. The normalized spacial score (nSPS) is 30.4. The van der Waals surface area contributed by atoms with Gasteiger partial charge in [0.25, 0.3) is 5.92 Å². The number of nitrogens with zero attached hydrogens (tertiary/aromatic N) is 2. The van der Waals surface area contributed by atoms with Gasteiger partial charge in [0.2, 0.25) is 0 Å². The zero-order chi connectivity index (χ0) is 10.2. The molecule has 14 heavy (non-hydrogen) atoms. The van der Waals surface area contributed by atoms with Crippen LogP contribution < -0.4 is 0 Å². The third-order valence-corrected chi connectivity index (χ3v) is 2.96. The van der Waals surface area contributed by atoms with E-state index in [4.69, 9.17) is 11.3 Å². The van der Waals surface area contributed by atoms with Crippen molar-refractivity contribution in [3.05, 3.63) is 11.4 Å². The lowest BCUT2D eigenvalue weighted by Crippen LogP contribution is -2.62. The lowest BCUT2D eigenvalue weighted by Gasteiger charge is -2.42. The zero-order valence-corrected chi connectivity index (χ0v) is 7.80. The summed E-state index contributed by atoms with van der Waals surface area (Å²) in [6.07, 6.45) is -0.269. The Balaban J connectivity index is 1.99. The van der Waals surface area contributed by atoms with E-state index in [0.29, 0.717) is 26.3 Å². The summed E-state index contributed by atoms with van der Waals surface area (Å²) in [5.74, 6) is -2.54. The first-order valence-corrected chi connectivity index (χ1v) is 4.67. The summed E-state index contributed by atoms with van der Waals surface area (Å²) < 4.78 is 30.7. The van der Waals surface area contributed by atoms with Crippen LogP contribution in [0.5, 0.6) is 0 Å². The smallest absolute Gasteiger partial charge is 0.334 e. The van der Waals surface area contributed by atoms with E-state index < -0.39 is 11.6 Å². The number of ether oxygens (including phenoxy) is 1. The highest BCUT2D eigenvalue weighted by Gasteiger charge is 2.53. The van der Waals surface area contributed by atoms with Crippen molar-refractivity contribution in [2.75, 3.05) is 26.3 Å². The molecule has 0 radical (unpaired) electrons. The van der Waals surface area contributed by atoms with E-state index in [9.17, 15) is 8.78 Å². The number of hydrogen-bond donors (Lipinski definition) is 0. The molecule has 0 saturated carbocycles. The van der Waals surface area contributed by atoms with Gasteiger partial charge in [-0.3, -0.25) is 4.85 Å². The van der Waals surface area contributed by atoms with Gasteiger partial charge in [0, 0.05) is 25.9 Å². The summed E-state index contributed by atoms with van der Waals surface area (Å²) in [7, 11) is 0. The molecule has 2 fully saturated rings. The molecule has 0 aliphatic carbocycles. The number of halogens is 2. The summed E-state index contributed by atoms with van der Waals surface area (Å²) in [5.41, 5.74) is -0.628. The van der Waals surface area contributed by atoms with E-state index in [1.165, 1.54) is 0 Å². The van der Waals surface area contributed by atoms with E-state index >= 15 is 0 Å². The van der Waals surface area contributed by atoms with Gasteiger partial charge >= 0.3 is 5.66 Å². The summed E-state index contributed by atoms with van der Waals surface area (Å²) in [6, 6.07) is 0. The highest BCUT2D eigenvalue weighted by molar-refractivity contribution is 5.05. The maximum absolute atomic E-state index is 12.9. The fourth-order valence-corrected chi connectivity index (χ4v) is 1.85. The Morgan fingerprint density at radius 3 is 2.14 bits per heavy atom. The van der Waals surface area contributed by atoms with Gasteiger partial charge < -0.3 is 4.74 Å². The second-order valence-electron chi connectivity index (χ2n) is 3.93. The number of rotatable bonds is 1. The van der Waals surface area contributed by atoms with E-state index in [1.807, 2.05) is 4.90 Å². The standard InChI is InChI=1S/C9H12F2N2O/c1-12-9(6-14-7-9)13-4-2-8(10,11)3-5-13/h2-7H2. The van der Waals surface area contributed by atoms with Crippen molar-refractivity contribution < 1.29 is 13.5 Å². The summed E-state index contributed by atoms with van der Waals surface area (Å²) in [4.78, 5) is 5.34. The van der Waals surface area contributed by atoms with Crippen LogP contribution in [-0.2, 0) is 4.74 Å². The fourth-order valence-electron chi connectivity index (χ4n) is 1.85. The molecule has 2 aliphatic rings. The van der Waals surface area contributed by atoms with Gasteiger partial charge in [0.05, 0.1) is 0 Å². The van der Waals surface area contributed by atoms with Crippen molar-refractivity contribution in [1.82, 2.24) is 4.90 Å². The molecule has 0 aromatic carbocycles. The van der Waals surface area contributed by atoms with Crippen LogP contribution in [0, 0.1) is 6.57 Å². The predicted molar refractivity (Wildman–Crippen MR) is 45.9 cm³/mol. The molecule has 0 bridgehead atoms. The Kier molecular flexibility index (Phi) is 2.20. The van der Waals surface area contributed by atoms with Crippen LogP contribution in [-0.4, -0.2) is 42.8 Å². The average Bonchev–Trinajstić information content (AvgIpc) is 2.06. The summed E-state index contributed by atoms with van der Waals surface area (Å²) in [5, 5.41) is 0. The Bertz CT molecular complexity index is 260. The average molecular weight is 202 g/mol. The molecule has 2 aliphatic heterocycles. The van der Waals surface area contributed by atoms with Crippen LogP contribution in [0.2, 0.25) is 0 Å². The first kappa shape index (κ1) is 9.81. The van der Waals surface area contributed by atoms with Gasteiger partial charge in [-0.1, -0.05) is 0 Å². The molecule has 2 rings (SSSR count). The molecular formula is C9H12F2N2O. The van der Waals surface area contributed by atoms with Gasteiger partial charge in [0.15, 0.2) is 0 Å². The molecule has 0 aromatic rings. The molecule has 0 amide bonds. The van der Waals surface area contributed by atoms with Crippen LogP contribution in [0.4, 0.5) is 8.78 Å². The van der Waals surface area contributed by atoms with Gasteiger partial charge in [-0.25, -0.2) is 20.3 Å². The molecule has 0 atom stereocenters.